The topological polar surface area (TPSA) is 24.1 Å². The zero-order valence-corrected chi connectivity index (χ0v) is 9.29. The molecule has 0 amide bonds. The molecule has 72 valence electrons. The summed E-state index contributed by atoms with van der Waals surface area (Å²) in [5, 5.41) is 7.21. The number of nitrogens with one attached hydrogen (secondary N) is 2. The molecule has 0 saturated heterocycles. The van der Waals surface area contributed by atoms with Crippen molar-refractivity contribution < 1.29 is 0 Å². The monoisotopic (exact) mass is 188 g/mol. The molecule has 0 radical (unpaired) electrons. The fraction of sp³-hybridized carbons (Fsp3) is 0.889. The first-order valence-electron chi connectivity index (χ1n) is 4.67. The molecule has 0 aliphatic rings. The second kappa shape index (κ2) is 6.23. The average molecular weight is 188 g/mol. The van der Waals surface area contributed by atoms with Crippen LogP contribution in [0.5, 0.6) is 0 Å². The summed E-state index contributed by atoms with van der Waals surface area (Å²) >= 11 is 5.12. The summed E-state index contributed by atoms with van der Waals surface area (Å²) < 4.78 is 0. The molecule has 0 aromatic carbocycles. The van der Waals surface area contributed by atoms with Crippen LogP contribution >= 0.6 is 12.2 Å². The third kappa shape index (κ3) is 5.35. The van der Waals surface area contributed by atoms with Crippen molar-refractivity contribution in [2.45, 2.75) is 52.6 Å². The molecule has 0 heterocycles. The molecule has 12 heavy (non-hydrogen) atoms. The van der Waals surface area contributed by atoms with E-state index in [0.717, 1.165) is 18.0 Å². The Morgan fingerprint density at radius 1 is 1.08 bits per heavy atom. The van der Waals surface area contributed by atoms with E-state index in [0.29, 0.717) is 12.1 Å². The molecule has 0 saturated carbocycles. The SMILES string of the molecule is CC[C@H](C)NC(=S)N[C@@H](C)CC. The molecular weight excluding hydrogens is 168 g/mol. The van der Waals surface area contributed by atoms with Gasteiger partial charge in [-0.25, -0.2) is 0 Å². The Bertz CT molecular complexity index is 122. The van der Waals surface area contributed by atoms with Gasteiger partial charge in [-0.2, -0.15) is 0 Å². The predicted molar refractivity (Wildman–Crippen MR) is 58.4 cm³/mol. The molecule has 2 atom stereocenters. The van der Waals surface area contributed by atoms with Crippen LogP contribution in [0.2, 0.25) is 0 Å². The molecule has 0 rings (SSSR count). The van der Waals surface area contributed by atoms with Gasteiger partial charge in [-0.15, -0.1) is 0 Å². The van der Waals surface area contributed by atoms with Crippen LogP contribution in [0.3, 0.4) is 0 Å². The first kappa shape index (κ1) is 11.7. The van der Waals surface area contributed by atoms with Crippen molar-refractivity contribution in [1.29, 1.82) is 0 Å². The van der Waals surface area contributed by atoms with Gasteiger partial charge in [0.1, 0.15) is 0 Å². The smallest absolute Gasteiger partial charge is 0.166 e. The summed E-state index contributed by atoms with van der Waals surface area (Å²) in [5.74, 6) is 0. The van der Waals surface area contributed by atoms with E-state index in [1.54, 1.807) is 0 Å². The van der Waals surface area contributed by atoms with Gasteiger partial charge in [0.05, 0.1) is 0 Å². The van der Waals surface area contributed by atoms with Crippen LogP contribution in [0, 0.1) is 0 Å². The van der Waals surface area contributed by atoms with E-state index >= 15 is 0 Å². The van der Waals surface area contributed by atoms with Crippen molar-refractivity contribution in [3.8, 4) is 0 Å². The Balaban J connectivity index is 3.59. The van der Waals surface area contributed by atoms with Gasteiger partial charge in [-0.3, -0.25) is 0 Å². The molecule has 0 unspecified atom stereocenters. The van der Waals surface area contributed by atoms with E-state index in [2.05, 4.69) is 38.3 Å². The molecule has 3 heteroatoms. The van der Waals surface area contributed by atoms with Crippen LogP contribution in [-0.4, -0.2) is 17.2 Å². The summed E-state index contributed by atoms with van der Waals surface area (Å²) in [5.41, 5.74) is 0. The van der Waals surface area contributed by atoms with Gasteiger partial charge >= 0.3 is 0 Å². The molecule has 2 nitrogen and oxygen atoms in total. The first-order valence-corrected chi connectivity index (χ1v) is 5.08. The lowest BCUT2D eigenvalue weighted by Gasteiger charge is -2.18. The second-order valence-corrected chi connectivity index (χ2v) is 3.64. The summed E-state index contributed by atoms with van der Waals surface area (Å²) in [6.07, 6.45) is 2.20. The lowest BCUT2D eigenvalue weighted by Crippen LogP contribution is -2.43. The lowest BCUT2D eigenvalue weighted by atomic mass is 10.2. The Kier molecular flexibility index (Phi) is 6.07. The maximum Gasteiger partial charge on any atom is 0.166 e. The lowest BCUT2D eigenvalue weighted by molar-refractivity contribution is 0.594. The van der Waals surface area contributed by atoms with Crippen molar-refractivity contribution in [3.63, 3.8) is 0 Å². The van der Waals surface area contributed by atoms with Crippen molar-refractivity contribution in [2.24, 2.45) is 0 Å². The van der Waals surface area contributed by atoms with E-state index in [1.807, 2.05) is 0 Å². The van der Waals surface area contributed by atoms with Gasteiger partial charge in [0.2, 0.25) is 0 Å². The molecule has 0 aromatic rings. The quantitative estimate of drug-likeness (QED) is 0.660. The Morgan fingerprint density at radius 2 is 1.42 bits per heavy atom. The fourth-order valence-electron chi connectivity index (χ4n) is 0.693. The summed E-state index contributed by atoms with van der Waals surface area (Å²) in [6, 6.07) is 0.933. The summed E-state index contributed by atoms with van der Waals surface area (Å²) in [4.78, 5) is 0. The maximum atomic E-state index is 5.12. The third-order valence-electron chi connectivity index (χ3n) is 1.98. The number of hydrogen-bond donors (Lipinski definition) is 2. The molecule has 0 bridgehead atoms. The van der Waals surface area contributed by atoms with Gasteiger partial charge in [0, 0.05) is 12.1 Å². The molecule has 0 aliphatic heterocycles. The zero-order chi connectivity index (χ0) is 9.56. The minimum Gasteiger partial charge on any atom is -0.360 e. The molecule has 0 aromatic heterocycles. The Labute approximate surface area is 81.1 Å². The van der Waals surface area contributed by atoms with Crippen molar-refractivity contribution in [1.82, 2.24) is 10.6 Å². The maximum absolute atomic E-state index is 5.12. The summed E-state index contributed by atoms with van der Waals surface area (Å²) in [6.45, 7) is 8.54. The standard InChI is InChI=1S/C9H20N2S/c1-5-7(3)10-9(12)11-8(4)6-2/h7-8H,5-6H2,1-4H3,(H2,10,11,12)/t7-,8-/m0/s1. The molecule has 0 aliphatic carbocycles. The van der Waals surface area contributed by atoms with Crippen LogP contribution in [0.1, 0.15) is 40.5 Å². The highest BCUT2D eigenvalue weighted by molar-refractivity contribution is 7.80. The van der Waals surface area contributed by atoms with E-state index in [1.165, 1.54) is 0 Å². The normalized spacial score (nSPS) is 15.0. The fourth-order valence-corrected chi connectivity index (χ4v) is 1.10. The highest BCUT2D eigenvalue weighted by Gasteiger charge is 2.03. The van der Waals surface area contributed by atoms with Crippen LogP contribution < -0.4 is 10.6 Å². The molecule has 0 spiro atoms. The Morgan fingerprint density at radius 3 is 1.67 bits per heavy atom. The van der Waals surface area contributed by atoms with E-state index < -0.39 is 0 Å². The second-order valence-electron chi connectivity index (χ2n) is 3.24. The highest BCUT2D eigenvalue weighted by atomic mass is 32.1. The first-order chi connectivity index (χ1) is 5.60. The number of thiocarbonyl (C=S) groups is 1. The van der Waals surface area contributed by atoms with E-state index in [9.17, 15) is 0 Å². The van der Waals surface area contributed by atoms with Gasteiger partial charge in [0.25, 0.3) is 0 Å². The molecule has 0 fully saturated rings. The largest absolute Gasteiger partial charge is 0.360 e. The minimum absolute atomic E-state index is 0.467. The van der Waals surface area contributed by atoms with Crippen molar-refractivity contribution in [2.75, 3.05) is 0 Å². The van der Waals surface area contributed by atoms with Crippen molar-refractivity contribution >= 4 is 17.3 Å². The van der Waals surface area contributed by atoms with Crippen molar-refractivity contribution in [3.05, 3.63) is 0 Å². The van der Waals surface area contributed by atoms with Crippen LogP contribution in [-0.2, 0) is 0 Å². The molecule has 2 N–H and O–H groups in total. The van der Waals surface area contributed by atoms with Gasteiger partial charge in [0.15, 0.2) is 5.11 Å². The summed E-state index contributed by atoms with van der Waals surface area (Å²) in [7, 11) is 0. The minimum atomic E-state index is 0.467. The van der Waals surface area contributed by atoms with Crippen LogP contribution in [0.15, 0.2) is 0 Å². The zero-order valence-electron chi connectivity index (χ0n) is 8.48. The predicted octanol–water partition coefficient (Wildman–Crippen LogP) is 2.05. The van der Waals surface area contributed by atoms with E-state index in [-0.39, 0.29) is 0 Å². The van der Waals surface area contributed by atoms with E-state index in [4.69, 9.17) is 12.2 Å². The highest BCUT2D eigenvalue weighted by Crippen LogP contribution is 1.90. The van der Waals surface area contributed by atoms with Crippen LogP contribution in [0.25, 0.3) is 0 Å². The Hall–Kier alpha value is -0.310. The van der Waals surface area contributed by atoms with Crippen LogP contribution in [0.4, 0.5) is 0 Å². The van der Waals surface area contributed by atoms with Gasteiger partial charge < -0.3 is 10.6 Å². The number of rotatable bonds is 4. The number of hydrogen-bond acceptors (Lipinski definition) is 1. The average Bonchev–Trinajstić information content (AvgIpc) is 2.03. The molecular formula is C9H20N2S. The third-order valence-corrected chi connectivity index (χ3v) is 2.22. The van der Waals surface area contributed by atoms with Gasteiger partial charge in [-0.1, -0.05) is 13.8 Å². The van der Waals surface area contributed by atoms with Gasteiger partial charge in [-0.05, 0) is 38.9 Å².